The Balaban J connectivity index is 1.64. The number of hydrogen-bond donors (Lipinski definition) is 2. The maximum atomic E-state index is 12.5. The van der Waals surface area contributed by atoms with Gasteiger partial charge in [-0.25, -0.2) is 0 Å². The van der Waals surface area contributed by atoms with Gasteiger partial charge in [-0.05, 0) is 48.5 Å². The molecule has 3 amide bonds. The third-order valence-electron chi connectivity index (χ3n) is 4.28. The molecular weight excluding hydrogens is 398 g/mol. The zero-order valence-corrected chi connectivity index (χ0v) is 15.7. The maximum absolute atomic E-state index is 12.5. The number of benzene rings is 2. The molecule has 0 saturated carbocycles. The van der Waals surface area contributed by atoms with E-state index in [1.807, 2.05) is 24.3 Å². The Morgan fingerprint density at radius 3 is 2.35 bits per heavy atom. The van der Waals surface area contributed by atoms with Crippen LogP contribution in [0.15, 0.2) is 53.0 Å². The smallest absolute Gasteiger partial charge is 0.251 e. The van der Waals surface area contributed by atoms with Gasteiger partial charge < -0.3 is 15.5 Å². The first-order valence-corrected chi connectivity index (χ1v) is 8.96. The van der Waals surface area contributed by atoms with E-state index < -0.39 is 5.92 Å². The van der Waals surface area contributed by atoms with Crippen molar-refractivity contribution in [2.45, 2.75) is 6.42 Å². The second kappa shape index (κ2) is 7.70. The number of carbonyl (C=O) groups excluding carboxylic acids is 3. The summed E-state index contributed by atoms with van der Waals surface area (Å²) in [6, 6.07) is 14.1. The Labute approximate surface area is 159 Å². The number of nitrogens with one attached hydrogen (secondary N) is 2. The molecule has 0 bridgehead atoms. The van der Waals surface area contributed by atoms with Crippen LogP contribution in [0.25, 0.3) is 0 Å². The largest absolute Gasteiger partial charge is 0.355 e. The lowest BCUT2D eigenvalue weighted by Crippen LogP contribution is -2.28. The standard InChI is InChI=1S/C19H18BrN3O3/c1-21-18(25)12-2-6-15(7-3-12)22-19(26)13-10-17(24)23(11-13)16-8-4-14(20)5-9-16/h2-9,13H,10-11H2,1H3,(H,21,25)(H,22,26). The number of anilines is 2. The Bertz CT molecular complexity index is 834. The van der Waals surface area contributed by atoms with Crippen molar-refractivity contribution in [3.05, 3.63) is 58.6 Å². The molecule has 3 rings (SSSR count). The molecule has 1 heterocycles. The second-order valence-corrected chi connectivity index (χ2v) is 6.94. The number of carbonyl (C=O) groups is 3. The molecule has 134 valence electrons. The highest BCUT2D eigenvalue weighted by molar-refractivity contribution is 9.10. The molecule has 1 aliphatic rings. The lowest BCUT2D eigenvalue weighted by Gasteiger charge is -2.17. The fourth-order valence-corrected chi connectivity index (χ4v) is 3.11. The van der Waals surface area contributed by atoms with E-state index in [1.54, 1.807) is 36.2 Å². The summed E-state index contributed by atoms with van der Waals surface area (Å²) in [7, 11) is 1.56. The summed E-state index contributed by atoms with van der Waals surface area (Å²) in [4.78, 5) is 37.9. The summed E-state index contributed by atoms with van der Waals surface area (Å²) >= 11 is 3.37. The number of nitrogens with zero attached hydrogens (tertiary/aromatic N) is 1. The van der Waals surface area contributed by atoms with E-state index in [4.69, 9.17) is 0 Å². The van der Waals surface area contributed by atoms with Gasteiger partial charge in [-0.3, -0.25) is 14.4 Å². The van der Waals surface area contributed by atoms with E-state index in [1.165, 1.54) is 0 Å². The molecule has 1 atom stereocenters. The van der Waals surface area contributed by atoms with Crippen LogP contribution in [0.4, 0.5) is 11.4 Å². The molecule has 1 unspecified atom stereocenters. The minimum atomic E-state index is -0.412. The molecule has 1 saturated heterocycles. The van der Waals surface area contributed by atoms with Crippen LogP contribution in [-0.4, -0.2) is 31.3 Å². The highest BCUT2D eigenvalue weighted by Crippen LogP contribution is 2.27. The van der Waals surface area contributed by atoms with Crippen LogP contribution in [0, 0.1) is 5.92 Å². The summed E-state index contributed by atoms with van der Waals surface area (Å²) in [5.41, 5.74) is 1.89. The third kappa shape index (κ3) is 3.94. The van der Waals surface area contributed by atoms with E-state index in [0.29, 0.717) is 17.8 Å². The minimum absolute atomic E-state index is 0.0672. The van der Waals surface area contributed by atoms with Crippen LogP contribution in [0.3, 0.4) is 0 Å². The van der Waals surface area contributed by atoms with Crippen molar-refractivity contribution in [1.82, 2.24) is 5.32 Å². The van der Waals surface area contributed by atoms with Gasteiger partial charge in [0.1, 0.15) is 0 Å². The predicted octanol–water partition coefficient (Wildman–Crippen LogP) is 2.80. The molecule has 0 aromatic heterocycles. The molecule has 7 heteroatoms. The topological polar surface area (TPSA) is 78.5 Å². The average Bonchev–Trinajstić information content (AvgIpc) is 3.04. The molecule has 1 fully saturated rings. The molecule has 0 spiro atoms. The highest BCUT2D eigenvalue weighted by Gasteiger charge is 2.35. The molecule has 2 aromatic carbocycles. The number of halogens is 1. The van der Waals surface area contributed by atoms with Crippen LogP contribution in [0.2, 0.25) is 0 Å². The lowest BCUT2D eigenvalue weighted by atomic mass is 10.1. The summed E-state index contributed by atoms with van der Waals surface area (Å²) in [6.07, 6.45) is 0.179. The van der Waals surface area contributed by atoms with Crippen LogP contribution < -0.4 is 15.5 Å². The molecule has 1 aliphatic heterocycles. The minimum Gasteiger partial charge on any atom is -0.355 e. The first-order valence-electron chi connectivity index (χ1n) is 8.17. The normalized spacial score (nSPS) is 16.5. The molecule has 2 N–H and O–H groups in total. The zero-order chi connectivity index (χ0) is 18.7. The van der Waals surface area contributed by atoms with Gasteiger partial charge in [-0.1, -0.05) is 15.9 Å². The molecule has 26 heavy (non-hydrogen) atoms. The first kappa shape index (κ1) is 18.1. The fraction of sp³-hybridized carbons (Fsp3) is 0.211. The van der Waals surface area contributed by atoms with Crippen molar-refractivity contribution < 1.29 is 14.4 Å². The van der Waals surface area contributed by atoms with Crippen LogP contribution >= 0.6 is 15.9 Å². The van der Waals surface area contributed by atoms with E-state index in [0.717, 1.165) is 10.2 Å². The Morgan fingerprint density at radius 1 is 1.08 bits per heavy atom. The van der Waals surface area contributed by atoms with Gasteiger partial charge in [-0.15, -0.1) is 0 Å². The van der Waals surface area contributed by atoms with Gasteiger partial charge in [0.05, 0.1) is 5.92 Å². The first-order chi connectivity index (χ1) is 12.5. The Hall–Kier alpha value is -2.67. The van der Waals surface area contributed by atoms with Crippen LogP contribution in [0.1, 0.15) is 16.8 Å². The van der Waals surface area contributed by atoms with Crippen molar-refractivity contribution in [3.63, 3.8) is 0 Å². The summed E-state index contributed by atoms with van der Waals surface area (Å²) in [6.45, 7) is 0.350. The zero-order valence-electron chi connectivity index (χ0n) is 14.2. The number of amides is 3. The van der Waals surface area contributed by atoms with E-state index in [-0.39, 0.29) is 24.1 Å². The lowest BCUT2D eigenvalue weighted by molar-refractivity contribution is -0.122. The van der Waals surface area contributed by atoms with Crippen LogP contribution in [0.5, 0.6) is 0 Å². The second-order valence-electron chi connectivity index (χ2n) is 6.03. The van der Waals surface area contributed by atoms with Crippen molar-refractivity contribution in [1.29, 1.82) is 0 Å². The monoisotopic (exact) mass is 415 g/mol. The fourth-order valence-electron chi connectivity index (χ4n) is 2.85. The maximum Gasteiger partial charge on any atom is 0.251 e. The quantitative estimate of drug-likeness (QED) is 0.805. The van der Waals surface area contributed by atoms with Gasteiger partial charge in [0.15, 0.2) is 0 Å². The van der Waals surface area contributed by atoms with Crippen molar-refractivity contribution >= 4 is 45.0 Å². The molecule has 0 aliphatic carbocycles. The highest BCUT2D eigenvalue weighted by atomic mass is 79.9. The molecule has 6 nitrogen and oxygen atoms in total. The Kier molecular flexibility index (Phi) is 5.37. The molecule has 2 aromatic rings. The van der Waals surface area contributed by atoms with Gasteiger partial charge >= 0.3 is 0 Å². The number of hydrogen-bond acceptors (Lipinski definition) is 3. The average molecular weight is 416 g/mol. The van der Waals surface area contributed by atoms with Crippen molar-refractivity contribution in [3.8, 4) is 0 Å². The molecule has 0 radical (unpaired) electrons. The SMILES string of the molecule is CNC(=O)c1ccc(NC(=O)C2CC(=O)N(c3ccc(Br)cc3)C2)cc1. The van der Waals surface area contributed by atoms with E-state index in [9.17, 15) is 14.4 Å². The summed E-state index contributed by atoms with van der Waals surface area (Å²) in [5, 5.41) is 5.36. The van der Waals surface area contributed by atoms with Crippen LogP contribution in [-0.2, 0) is 9.59 Å². The van der Waals surface area contributed by atoms with Crippen molar-refractivity contribution in [2.75, 3.05) is 23.8 Å². The molecular formula is C19H18BrN3O3. The van der Waals surface area contributed by atoms with Gasteiger partial charge in [0.2, 0.25) is 11.8 Å². The number of rotatable bonds is 4. The van der Waals surface area contributed by atoms with E-state index in [2.05, 4.69) is 26.6 Å². The third-order valence-corrected chi connectivity index (χ3v) is 4.80. The summed E-state index contributed by atoms with van der Waals surface area (Å²) < 4.78 is 0.933. The Morgan fingerprint density at radius 2 is 1.73 bits per heavy atom. The van der Waals surface area contributed by atoms with Gasteiger partial charge in [0, 0.05) is 41.4 Å². The summed E-state index contributed by atoms with van der Waals surface area (Å²) in [5.74, 6) is -0.868. The van der Waals surface area contributed by atoms with E-state index >= 15 is 0 Å². The van der Waals surface area contributed by atoms with Gasteiger partial charge in [0.25, 0.3) is 5.91 Å². The van der Waals surface area contributed by atoms with Crippen molar-refractivity contribution in [2.24, 2.45) is 5.92 Å². The predicted molar refractivity (Wildman–Crippen MR) is 103 cm³/mol. The van der Waals surface area contributed by atoms with Gasteiger partial charge in [-0.2, -0.15) is 0 Å².